The maximum absolute atomic E-state index is 13.1. The Balaban J connectivity index is 5.17. The number of hydrogen-bond acceptors (Lipinski definition) is 15. The summed E-state index contributed by atoms with van der Waals surface area (Å²) in [6.45, 7) is 14.2. The summed E-state index contributed by atoms with van der Waals surface area (Å²) in [6.07, 6.45) is 50.1. The van der Waals surface area contributed by atoms with Crippen LogP contribution in [0.5, 0.6) is 0 Å². The second-order valence-electron chi connectivity index (χ2n) is 28.6. The van der Waals surface area contributed by atoms with Gasteiger partial charge in [-0.1, -0.05) is 331 Å². The molecule has 3 N–H and O–H groups in total. The highest BCUT2D eigenvalue weighted by atomic mass is 31.2. The van der Waals surface area contributed by atoms with Gasteiger partial charge in [-0.3, -0.25) is 37.3 Å². The molecule has 0 saturated carbocycles. The Morgan fingerprint density at radius 1 is 0.295 bits per heavy atom. The van der Waals surface area contributed by atoms with Gasteiger partial charge in [0.2, 0.25) is 0 Å². The van der Waals surface area contributed by atoms with E-state index in [0.29, 0.717) is 31.6 Å². The van der Waals surface area contributed by atoms with Crippen LogP contribution in [0.2, 0.25) is 0 Å². The van der Waals surface area contributed by atoms with Crippen LogP contribution in [-0.4, -0.2) is 96.7 Å². The van der Waals surface area contributed by atoms with Crippen molar-refractivity contribution in [2.24, 2.45) is 23.7 Å². The number of esters is 4. The molecule has 0 amide bonds. The second kappa shape index (κ2) is 65.4. The highest BCUT2D eigenvalue weighted by Crippen LogP contribution is 2.45. The van der Waals surface area contributed by atoms with Crippen molar-refractivity contribution in [1.82, 2.24) is 0 Å². The van der Waals surface area contributed by atoms with Gasteiger partial charge < -0.3 is 33.8 Å². The average molecular weight is 1400 g/mol. The fraction of sp³-hybridized carbons (Fsp3) is 0.947. The van der Waals surface area contributed by atoms with Crippen molar-refractivity contribution in [1.29, 1.82) is 0 Å². The molecule has 95 heavy (non-hydrogen) atoms. The highest BCUT2D eigenvalue weighted by Gasteiger charge is 2.30. The Bertz CT molecular complexity index is 1870. The van der Waals surface area contributed by atoms with E-state index in [9.17, 15) is 43.2 Å². The molecule has 0 spiro atoms. The number of phosphoric ester groups is 2. The van der Waals surface area contributed by atoms with Crippen molar-refractivity contribution in [2.45, 2.75) is 401 Å². The van der Waals surface area contributed by atoms with Crippen LogP contribution in [0.15, 0.2) is 0 Å². The van der Waals surface area contributed by atoms with Gasteiger partial charge >= 0.3 is 39.5 Å². The molecule has 19 heteroatoms. The highest BCUT2D eigenvalue weighted by molar-refractivity contribution is 7.47. The second-order valence-corrected chi connectivity index (χ2v) is 31.5. The van der Waals surface area contributed by atoms with Gasteiger partial charge in [-0.15, -0.1) is 0 Å². The molecule has 8 atom stereocenters. The predicted molar refractivity (Wildman–Crippen MR) is 386 cm³/mol. The molecular weight excluding hydrogens is 1250 g/mol. The lowest BCUT2D eigenvalue weighted by Crippen LogP contribution is -2.30. The lowest BCUT2D eigenvalue weighted by atomic mass is 9.99. The Kier molecular flexibility index (Phi) is 64.0. The number of rotatable bonds is 73. The third-order valence-electron chi connectivity index (χ3n) is 18.7. The van der Waals surface area contributed by atoms with E-state index in [1.165, 1.54) is 180 Å². The van der Waals surface area contributed by atoms with Crippen LogP contribution >= 0.6 is 15.6 Å². The van der Waals surface area contributed by atoms with Crippen LogP contribution in [0.25, 0.3) is 0 Å². The number of aliphatic hydroxyl groups excluding tert-OH is 1. The lowest BCUT2D eigenvalue weighted by molar-refractivity contribution is -0.161. The van der Waals surface area contributed by atoms with E-state index < -0.39 is 97.5 Å². The maximum Gasteiger partial charge on any atom is 0.472 e. The minimum atomic E-state index is -4.96. The van der Waals surface area contributed by atoms with E-state index in [4.69, 9.17) is 37.0 Å². The Hall–Kier alpha value is -1.94. The van der Waals surface area contributed by atoms with Crippen LogP contribution in [0.3, 0.4) is 0 Å². The maximum atomic E-state index is 13.1. The fourth-order valence-corrected chi connectivity index (χ4v) is 13.0. The lowest BCUT2D eigenvalue weighted by Gasteiger charge is -2.21. The SMILES string of the molecule is CCC(C)CCCCCCCCCCCCCCCCC(=O)OC[C@H](COP(=O)(O)OC[C@@H](O)COP(=O)(O)OC[C@@H](COC(=O)CCCCCCCCC(C)CC)OC(=O)CCCCCCCCCCCCCCCCC(C)CC)OC(=O)CCCCCCCCC(C)C. The van der Waals surface area contributed by atoms with Crippen LogP contribution in [0, 0.1) is 23.7 Å². The van der Waals surface area contributed by atoms with Crippen molar-refractivity contribution in [3.63, 3.8) is 0 Å². The smallest absolute Gasteiger partial charge is 0.462 e. The van der Waals surface area contributed by atoms with Gasteiger partial charge in [-0.05, 0) is 49.4 Å². The van der Waals surface area contributed by atoms with Gasteiger partial charge in [-0.2, -0.15) is 0 Å². The first kappa shape index (κ1) is 93.1. The van der Waals surface area contributed by atoms with Gasteiger partial charge in [-0.25, -0.2) is 9.13 Å². The minimum Gasteiger partial charge on any atom is -0.462 e. The largest absolute Gasteiger partial charge is 0.472 e. The van der Waals surface area contributed by atoms with E-state index in [1.54, 1.807) is 0 Å². The zero-order valence-electron chi connectivity index (χ0n) is 62.3. The summed E-state index contributed by atoms with van der Waals surface area (Å²) in [5, 5.41) is 10.6. The zero-order valence-corrected chi connectivity index (χ0v) is 64.1. The first-order chi connectivity index (χ1) is 45.7. The predicted octanol–water partition coefficient (Wildman–Crippen LogP) is 22.0. The van der Waals surface area contributed by atoms with Crippen LogP contribution in [-0.2, 0) is 65.4 Å². The molecule has 0 aromatic heterocycles. The normalized spacial score (nSPS) is 15.0. The van der Waals surface area contributed by atoms with Gasteiger partial charge in [0, 0.05) is 25.7 Å². The molecule has 0 aliphatic carbocycles. The number of carbonyl (C=O) groups is 4. The summed E-state index contributed by atoms with van der Waals surface area (Å²) < 4.78 is 68.4. The molecule has 0 radical (unpaired) electrons. The van der Waals surface area contributed by atoms with Gasteiger partial charge in [0.25, 0.3) is 0 Å². The molecular formula is C76H148O17P2. The summed E-state index contributed by atoms with van der Waals surface area (Å²) in [6, 6.07) is 0. The molecule has 564 valence electrons. The quantitative estimate of drug-likeness (QED) is 0.0222. The van der Waals surface area contributed by atoms with Crippen LogP contribution in [0.4, 0.5) is 0 Å². The van der Waals surface area contributed by atoms with Crippen molar-refractivity contribution in [2.75, 3.05) is 39.6 Å². The molecule has 17 nitrogen and oxygen atoms in total. The van der Waals surface area contributed by atoms with Crippen molar-refractivity contribution in [3.05, 3.63) is 0 Å². The Morgan fingerprint density at radius 3 is 0.747 bits per heavy atom. The monoisotopic (exact) mass is 1400 g/mol. The zero-order chi connectivity index (χ0) is 70.3. The topological polar surface area (TPSA) is 237 Å². The molecule has 5 unspecified atom stereocenters. The first-order valence-corrected chi connectivity index (χ1v) is 42.3. The number of carbonyl (C=O) groups excluding carboxylic acids is 4. The molecule has 0 aromatic rings. The number of ether oxygens (including phenoxy) is 4. The molecule has 0 aliphatic heterocycles. The molecule has 0 rings (SSSR count). The van der Waals surface area contributed by atoms with Gasteiger partial charge in [0.05, 0.1) is 26.4 Å². The van der Waals surface area contributed by atoms with E-state index in [0.717, 1.165) is 114 Å². The van der Waals surface area contributed by atoms with E-state index in [2.05, 4.69) is 55.4 Å². The third-order valence-corrected chi connectivity index (χ3v) is 20.6. The third kappa shape index (κ3) is 66.4. The van der Waals surface area contributed by atoms with Crippen molar-refractivity contribution in [3.8, 4) is 0 Å². The molecule has 0 saturated heterocycles. The minimum absolute atomic E-state index is 0.102. The van der Waals surface area contributed by atoms with Gasteiger partial charge in [0.1, 0.15) is 19.3 Å². The summed E-state index contributed by atoms with van der Waals surface area (Å²) >= 11 is 0. The Labute approximate surface area is 581 Å². The summed E-state index contributed by atoms with van der Waals surface area (Å²) in [4.78, 5) is 72.7. The number of phosphoric acid groups is 2. The average Bonchev–Trinajstić information content (AvgIpc) is 2.91. The number of hydrogen-bond donors (Lipinski definition) is 3. The Morgan fingerprint density at radius 2 is 0.505 bits per heavy atom. The number of aliphatic hydroxyl groups is 1. The first-order valence-electron chi connectivity index (χ1n) is 39.3. The molecule has 0 aliphatic rings. The molecule has 0 fully saturated rings. The van der Waals surface area contributed by atoms with Crippen molar-refractivity contribution < 1.29 is 80.2 Å². The van der Waals surface area contributed by atoms with E-state index in [-0.39, 0.29) is 25.7 Å². The summed E-state index contributed by atoms with van der Waals surface area (Å²) in [5.41, 5.74) is 0. The molecule has 0 heterocycles. The van der Waals surface area contributed by atoms with Gasteiger partial charge in [0.15, 0.2) is 12.2 Å². The van der Waals surface area contributed by atoms with E-state index >= 15 is 0 Å². The standard InChI is InChI=1S/C76H148O17P2/c1-9-67(6)53-45-37-28-24-20-16-12-14-18-22-26-30-40-48-56-73(78)86-62-72(93-76(81)59-51-43-34-32-36-44-52-66(4)5)65-91-95(84,85)89-61-70(77)60-88-94(82,83)90-64-71(63-87-74(79)57-49-41-35-33-39-47-55-69(8)11-3)92-75(80)58-50-42-31-27-23-19-15-13-17-21-25-29-38-46-54-68(7)10-2/h66-72,77H,9-65H2,1-8H3,(H,82,83)(H,84,85)/t67?,68?,69?,70-,71+,72+/m0/s1. The molecule has 0 aromatic carbocycles. The van der Waals surface area contributed by atoms with E-state index in [1.807, 2.05) is 0 Å². The van der Waals surface area contributed by atoms with Crippen LogP contribution < -0.4 is 0 Å². The summed E-state index contributed by atoms with van der Waals surface area (Å²) in [7, 11) is -9.91. The molecule has 0 bridgehead atoms. The van der Waals surface area contributed by atoms with Crippen LogP contribution in [0.1, 0.15) is 383 Å². The summed E-state index contributed by atoms with van der Waals surface area (Å²) in [5.74, 6) is 0.969. The van der Waals surface area contributed by atoms with Crippen molar-refractivity contribution >= 4 is 39.5 Å². The number of unbranched alkanes of at least 4 members (excludes halogenated alkanes) is 36. The fourth-order valence-electron chi connectivity index (χ4n) is 11.5.